The van der Waals surface area contributed by atoms with Gasteiger partial charge in [-0.05, 0) is 36.8 Å². The van der Waals surface area contributed by atoms with Gasteiger partial charge in [0.2, 0.25) is 0 Å². The largest absolute Gasteiger partial charge is 0.462 e. The van der Waals surface area contributed by atoms with Crippen molar-refractivity contribution < 1.29 is 67.4 Å². The predicted octanol–water partition coefficient (Wildman–Crippen LogP) is 2.92. The summed E-state index contributed by atoms with van der Waals surface area (Å²) >= 11 is 0. The monoisotopic (exact) mass is 748 g/mol. The first-order chi connectivity index (χ1) is 25.4. The molecule has 1 aliphatic heterocycles. The van der Waals surface area contributed by atoms with Crippen LogP contribution in [-0.4, -0.2) is 101 Å². The zero-order valence-corrected chi connectivity index (χ0v) is 30.6. The third kappa shape index (κ3) is 5.91. The molecule has 0 spiro atoms. The Morgan fingerprint density at radius 2 is 1.37 bits per heavy atom. The standard InChI is InChI=1S/C40H44O14/c1-21-28(44)18-30(51-22(2)41)39(20-49-35(46)25-13-9-7-10-14-25)31(21)32(52-23(3)42)27-17-29(45)38(6)40(48,37(27,5)19-50-38)34(53-24(4)43)33(39)54-36(47)26-15-11-8-12-16-26/h7-16,27-28,30-34,44,48H,1,17-20H2,2-6H3. The van der Waals surface area contributed by atoms with E-state index in [9.17, 15) is 39.0 Å². The summed E-state index contributed by atoms with van der Waals surface area (Å²) in [5.74, 6) is -7.71. The molecule has 2 aromatic carbocycles. The van der Waals surface area contributed by atoms with Gasteiger partial charge in [0, 0.05) is 50.9 Å². The van der Waals surface area contributed by atoms with E-state index in [0.29, 0.717) is 0 Å². The Balaban J connectivity index is 1.73. The van der Waals surface area contributed by atoms with E-state index in [-0.39, 0.29) is 29.7 Å². The molecule has 4 aliphatic rings. The van der Waals surface area contributed by atoms with E-state index in [1.807, 2.05) is 0 Å². The van der Waals surface area contributed by atoms with Gasteiger partial charge in [0.1, 0.15) is 24.4 Å². The Kier molecular flexibility index (Phi) is 10.1. The number of aliphatic hydroxyl groups excluding tert-OH is 1. The average molecular weight is 749 g/mol. The molecule has 3 aliphatic carbocycles. The summed E-state index contributed by atoms with van der Waals surface area (Å²) in [6, 6.07) is 15.6. The zero-order valence-electron chi connectivity index (χ0n) is 30.6. The first-order valence-corrected chi connectivity index (χ1v) is 17.7. The van der Waals surface area contributed by atoms with E-state index >= 15 is 0 Å². The molecule has 11 unspecified atom stereocenters. The lowest BCUT2D eigenvalue weighted by Crippen LogP contribution is -2.81. The Morgan fingerprint density at radius 3 is 1.93 bits per heavy atom. The molecule has 2 aromatic rings. The third-order valence-corrected chi connectivity index (χ3v) is 12.0. The van der Waals surface area contributed by atoms with Crippen molar-refractivity contribution in [1.82, 2.24) is 0 Å². The first kappa shape index (κ1) is 38.8. The van der Waals surface area contributed by atoms with Gasteiger partial charge in [0.25, 0.3) is 0 Å². The fourth-order valence-electron chi connectivity index (χ4n) is 9.44. The molecule has 0 aromatic heterocycles. The van der Waals surface area contributed by atoms with Crippen LogP contribution in [0.15, 0.2) is 72.8 Å². The van der Waals surface area contributed by atoms with Crippen LogP contribution in [0.1, 0.15) is 68.2 Å². The highest BCUT2D eigenvalue weighted by Crippen LogP contribution is 2.67. The Morgan fingerprint density at radius 1 is 0.815 bits per heavy atom. The summed E-state index contributed by atoms with van der Waals surface area (Å²) < 4.78 is 36.7. The maximum Gasteiger partial charge on any atom is 0.338 e. The van der Waals surface area contributed by atoms with Crippen LogP contribution in [0.5, 0.6) is 0 Å². The number of Topliss-reactive ketones (excluding diaryl/α,β-unsaturated/α-hetero) is 1. The molecular formula is C40H44O14. The molecule has 14 heteroatoms. The minimum Gasteiger partial charge on any atom is -0.462 e. The molecule has 1 heterocycles. The molecule has 54 heavy (non-hydrogen) atoms. The molecule has 0 radical (unpaired) electrons. The summed E-state index contributed by atoms with van der Waals surface area (Å²) in [4.78, 5) is 81.7. The third-order valence-electron chi connectivity index (χ3n) is 12.0. The Bertz CT molecular complexity index is 1860. The van der Waals surface area contributed by atoms with Gasteiger partial charge >= 0.3 is 29.8 Å². The van der Waals surface area contributed by atoms with Gasteiger partial charge in [-0.15, -0.1) is 0 Å². The van der Waals surface area contributed by atoms with Crippen molar-refractivity contribution in [3.8, 4) is 0 Å². The average Bonchev–Trinajstić information content (AvgIpc) is 3.27. The number of hydrogen-bond donors (Lipinski definition) is 2. The lowest BCUT2D eigenvalue weighted by atomic mass is 9.43. The molecule has 4 fully saturated rings. The summed E-state index contributed by atoms with van der Waals surface area (Å²) in [6.07, 6.45) is -9.18. The predicted molar refractivity (Wildman–Crippen MR) is 185 cm³/mol. The molecule has 11 atom stereocenters. The Labute approximate surface area is 311 Å². The fourth-order valence-corrected chi connectivity index (χ4v) is 9.44. The van der Waals surface area contributed by atoms with Crippen molar-refractivity contribution >= 4 is 35.6 Å². The lowest BCUT2D eigenvalue weighted by Gasteiger charge is -2.65. The highest BCUT2D eigenvalue weighted by atomic mass is 16.6. The maximum atomic E-state index is 14.3. The fraction of sp³-hybridized carbons (Fsp3) is 0.500. The van der Waals surface area contributed by atoms with Crippen molar-refractivity contribution in [3.05, 3.63) is 83.9 Å². The molecule has 6 rings (SSSR count). The summed E-state index contributed by atoms with van der Waals surface area (Å²) in [5, 5.41) is 25.0. The van der Waals surface area contributed by atoms with Gasteiger partial charge < -0.3 is 38.6 Å². The van der Waals surface area contributed by atoms with Gasteiger partial charge in [0.05, 0.1) is 29.3 Å². The maximum absolute atomic E-state index is 14.3. The SMILES string of the molecule is C=C1C(O)CC(OC(C)=O)C2(COC(=O)c3ccccc3)C(OC(=O)c3ccccc3)C(OC(C)=O)C3(O)C4(C)OCC3(C)C(CC4=O)C(OC(C)=O)C12. The van der Waals surface area contributed by atoms with E-state index in [1.54, 1.807) is 43.3 Å². The molecule has 2 N–H and O–H groups in total. The van der Waals surface area contributed by atoms with Gasteiger partial charge in [-0.1, -0.05) is 49.9 Å². The van der Waals surface area contributed by atoms with Crippen molar-refractivity contribution in [2.45, 2.75) is 89.2 Å². The van der Waals surface area contributed by atoms with Crippen LogP contribution in [0, 0.1) is 22.7 Å². The van der Waals surface area contributed by atoms with Crippen molar-refractivity contribution in [2.75, 3.05) is 13.2 Å². The van der Waals surface area contributed by atoms with E-state index < -0.39 is 113 Å². The minimum atomic E-state index is -2.54. The van der Waals surface area contributed by atoms with Crippen molar-refractivity contribution in [3.63, 3.8) is 0 Å². The number of esters is 5. The van der Waals surface area contributed by atoms with Crippen LogP contribution in [0.3, 0.4) is 0 Å². The van der Waals surface area contributed by atoms with E-state index in [2.05, 4.69) is 6.58 Å². The second-order valence-corrected chi connectivity index (χ2v) is 15.0. The zero-order chi connectivity index (χ0) is 39.4. The normalized spacial score (nSPS) is 36.8. The number of ketones is 1. The minimum absolute atomic E-state index is 0.00325. The summed E-state index contributed by atoms with van der Waals surface area (Å²) in [5.41, 5.74) is -8.22. The van der Waals surface area contributed by atoms with Crippen LogP contribution in [0.4, 0.5) is 0 Å². The second kappa shape index (κ2) is 14.1. The molecular weight excluding hydrogens is 704 g/mol. The highest BCUT2D eigenvalue weighted by Gasteiger charge is 2.83. The topological polar surface area (TPSA) is 198 Å². The number of aliphatic hydroxyl groups is 2. The van der Waals surface area contributed by atoms with Crippen LogP contribution in [0.25, 0.3) is 0 Å². The van der Waals surface area contributed by atoms with E-state index in [1.165, 1.54) is 31.2 Å². The molecule has 4 bridgehead atoms. The van der Waals surface area contributed by atoms with Crippen LogP contribution in [0.2, 0.25) is 0 Å². The highest BCUT2D eigenvalue weighted by molar-refractivity contribution is 5.92. The smallest absolute Gasteiger partial charge is 0.338 e. The van der Waals surface area contributed by atoms with Gasteiger partial charge in [0.15, 0.2) is 23.6 Å². The molecule has 288 valence electrons. The number of rotatable bonds is 8. The lowest BCUT2D eigenvalue weighted by molar-refractivity contribution is -0.299. The van der Waals surface area contributed by atoms with Crippen LogP contribution < -0.4 is 0 Å². The summed E-state index contributed by atoms with van der Waals surface area (Å²) in [7, 11) is 0. The first-order valence-electron chi connectivity index (χ1n) is 17.7. The van der Waals surface area contributed by atoms with Gasteiger partial charge in [-0.25, -0.2) is 9.59 Å². The summed E-state index contributed by atoms with van der Waals surface area (Å²) in [6.45, 7) is 9.33. The quantitative estimate of drug-likeness (QED) is 0.227. The van der Waals surface area contributed by atoms with Gasteiger partial charge in [-0.2, -0.15) is 0 Å². The van der Waals surface area contributed by atoms with E-state index in [4.69, 9.17) is 28.4 Å². The second-order valence-electron chi connectivity index (χ2n) is 15.0. The van der Waals surface area contributed by atoms with Gasteiger partial charge in [-0.3, -0.25) is 19.2 Å². The van der Waals surface area contributed by atoms with Crippen LogP contribution in [-0.2, 0) is 47.6 Å². The number of carbonyl (C=O) groups excluding carboxylic acids is 6. The molecule has 0 amide bonds. The Hall–Kier alpha value is -4.92. The number of hydrogen-bond acceptors (Lipinski definition) is 14. The van der Waals surface area contributed by atoms with E-state index in [0.717, 1.165) is 20.8 Å². The van der Waals surface area contributed by atoms with Crippen molar-refractivity contribution in [2.24, 2.45) is 22.7 Å². The number of ether oxygens (including phenoxy) is 6. The molecule has 1 saturated heterocycles. The van der Waals surface area contributed by atoms with Crippen molar-refractivity contribution in [1.29, 1.82) is 0 Å². The van der Waals surface area contributed by atoms with Crippen LogP contribution >= 0.6 is 0 Å². The molecule has 14 nitrogen and oxygen atoms in total. The number of benzene rings is 2. The number of fused-ring (bicyclic) bond motifs is 1. The molecule has 3 saturated carbocycles. The number of carbonyl (C=O) groups is 6.